The smallest absolute Gasteiger partial charge is 0.438 e. The van der Waals surface area contributed by atoms with Crippen molar-refractivity contribution in [2.24, 2.45) is 0 Å². The number of hydrogen-bond donors (Lipinski definition) is 0. The van der Waals surface area contributed by atoms with E-state index in [0.717, 1.165) is 0 Å². The minimum atomic E-state index is -2.18. The summed E-state index contributed by atoms with van der Waals surface area (Å²) in [5.74, 6) is -0.779. The van der Waals surface area contributed by atoms with Gasteiger partial charge in [0.25, 0.3) is 8.32 Å². The van der Waals surface area contributed by atoms with Gasteiger partial charge >= 0.3 is 11.7 Å². The molecule has 120 valence electrons. The normalized spacial score (nSPS) is 11.5. The molecule has 0 atom stereocenters. The van der Waals surface area contributed by atoms with Gasteiger partial charge in [-0.25, -0.2) is 4.79 Å². The van der Waals surface area contributed by atoms with Crippen molar-refractivity contribution in [2.45, 2.75) is 45.5 Å². The highest BCUT2D eigenvalue weighted by molar-refractivity contribution is 6.74. The fourth-order valence-corrected chi connectivity index (χ4v) is 2.33. The van der Waals surface area contributed by atoms with Crippen LogP contribution < -0.4 is 0 Å². The van der Waals surface area contributed by atoms with Crippen LogP contribution in [0.2, 0.25) is 18.1 Å². The van der Waals surface area contributed by atoms with Crippen LogP contribution in [0, 0.1) is 0 Å². The van der Waals surface area contributed by atoms with Crippen molar-refractivity contribution < 1.29 is 23.2 Å². The van der Waals surface area contributed by atoms with Crippen LogP contribution in [0.25, 0.3) is 5.53 Å². The molecular weight excluding hydrogens is 300 g/mol. The summed E-state index contributed by atoms with van der Waals surface area (Å²) in [5.41, 5.74) is 9.44. The fraction of sp³-hybridized carbons (Fsp3) is 0.467. The molecule has 0 spiro atoms. The Morgan fingerprint density at radius 3 is 2.55 bits per heavy atom. The first-order valence-corrected chi connectivity index (χ1v) is 9.78. The van der Waals surface area contributed by atoms with E-state index in [-0.39, 0.29) is 23.1 Å². The second kappa shape index (κ2) is 6.77. The van der Waals surface area contributed by atoms with Crippen molar-refractivity contribution in [1.29, 1.82) is 0 Å². The molecule has 0 amide bonds. The average molecular weight is 322 g/mol. The molecule has 0 N–H and O–H groups in total. The lowest BCUT2D eigenvalue weighted by molar-refractivity contribution is -0.141. The maximum atomic E-state index is 12.0. The lowest BCUT2D eigenvalue weighted by Crippen LogP contribution is -2.42. The van der Waals surface area contributed by atoms with E-state index in [1.54, 1.807) is 6.07 Å². The third kappa shape index (κ3) is 4.44. The van der Waals surface area contributed by atoms with Crippen LogP contribution in [0.15, 0.2) is 35.3 Å². The van der Waals surface area contributed by atoms with Gasteiger partial charge in [0.15, 0.2) is 5.76 Å². The van der Waals surface area contributed by atoms with E-state index in [1.165, 1.54) is 12.5 Å². The second-order valence-electron chi connectivity index (χ2n) is 6.44. The van der Waals surface area contributed by atoms with E-state index in [1.807, 2.05) is 13.1 Å². The summed E-state index contributed by atoms with van der Waals surface area (Å²) in [6.45, 7) is 13.9. The van der Waals surface area contributed by atoms with Crippen molar-refractivity contribution in [3.05, 3.63) is 42.0 Å². The van der Waals surface area contributed by atoms with E-state index >= 15 is 0 Å². The Balaban J connectivity index is 2.73. The molecule has 22 heavy (non-hydrogen) atoms. The molecule has 0 saturated carbocycles. The molecule has 0 fully saturated rings. The number of furan rings is 1. The van der Waals surface area contributed by atoms with Gasteiger partial charge in [0.1, 0.15) is 6.61 Å². The zero-order valence-corrected chi connectivity index (χ0v) is 14.7. The monoisotopic (exact) mass is 322 g/mol. The zero-order chi connectivity index (χ0) is 17.0. The Kier molecular flexibility index (Phi) is 5.52. The Hall–Kier alpha value is -2.11. The summed E-state index contributed by atoms with van der Waals surface area (Å²) in [4.78, 5) is 14.9. The zero-order valence-electron chi connectivity index (χ0n) is 13.7. The van der Waals surface area contributed by atoms with E-state index < -0.39 is 14.3 Å². The Bertz CT molecular complexity index is 594. The van der Waals surface area contributed by atoms with Gasteiger partial charge in [-0.3, -0.25) is 0 Å². The van der Waals surface area contributed by atoms with E-state index in [4.69, 9.17) is 19.1 Å². The summed E-state index contributed by atoms with van der Waals surface area (Å²) in [6.07, 6.45) is 2.94. The number of rotatable bonds is 6. The van der Waals surface area contributed by atoms with Crippen LogP contribution in [0.1, 0.15) is 26.3 Å². The standard InChI is InChI=1S/C15H22N2O4Si/c1-11(21-22(5,6)15(2,3)4)13(17-16)14(18)20-10-12-7-8-19-9-12/h7-9H,1,10H2,2-6H3. The highest BCUT2D eigenvalue weighted by Gasteiger charge is 2.42. The lowest BCUT2D eigenvalue weighted by Gasteiger charge is -2.36. The Morgan fingerprint density at radius 2 is 2.09 bits per heavy atom. The predicted molar refractivity (Wildman–Crippen MR) is 84.6 cm³/mol. The van der Waals surface area contributed by atoms with Crippen molar-refractivity contribution in [3.8, 4) is 0 Å². The molecule has 1 heterocycles. The van der Waals surface area contributed by atoms with Gasteiger partial charge in [0, 0.05) is 5.56 Å². The second-order valence-corrected chi connectivity index (χ2v) is 11.2. The molecule has 7 heteroatoms. The largest absolute Gasteiger partial charge is 0.538 e. The first-order valence-electron chi connectivity index (χ1n) is 6.87. The molecule has 0 bridgehead atoms. The van der Waals surface area contributed by atoms with Crippen molar-refractivity contribution in [3.63, 3.8) is 0 Å². The fourth-order valence-electron chi connectivity index (χ4n) is 1.31. The summed E-state index contributed by atoms with van der Waals surface area (Å²) >= 11 is 0. The van der Waals surface area contributed by atoms with Crippen LogP contribution in [-0.2, 0) is 20.6 Å². The van der Waals surface area contributed by atoms with Crippen LogP contribution in [0.5, 0.6) is 0 Å². The van der Waals surface area contributed by atoms with Gasteiger partial charge in [-0.2, -0.15) is 4.79 Å². The lowest BCUT2D eigenvalue weighted by atomic mass is 10.2. The van der Waals surface area contributed by atoms with Gasteiger partial charge < -0.3 is 19.1 Å². The number of ether oxygens (including phenoxy) is 1. The highest BCUT2D eigenvalue weighted by Crippen LogP contribution is 2.37. The summed E-state index contributed by atoms with van der Waals surface area (Å²) in [5, 5.41) is -0.0722. The SMILES string of the molecule is C=C(O[Si](C)(C)C(C)(C)C)C(=[N+]=[N-])C(=O)OCc1ccoc1. The molecule has 1 rings (SSSR count). The maximum absolute atomic E-state index is 12.0. The number of carbonyl (C=O) groups excluding carboxylic acids is 1. The third-order valence-corrected chi connectivity index (χ3v) is 8.06. The summed E-state index contributed by atoms with van der Waals surface area (Å²) < 4.78 is 15.8. The topological polar surface area (TPSA) is 85.1 Å². The molecule has 0 aromatic carbocycles. The first-order chi connectivity index (χ1) is 10.1. The predicted octanol–water partition coefficient (Wildman–Crippen LogP) is 3.53. The van der Waals surface area contributed by atoms with Crippen LogP contribution >= 0.6 is 0 Å². The van der Waals surface area contributed by atoms with Gasteiger partial charge in [0.2, 0.25) is 0 Å². The molecular formula is C15H22N2O4Si. The Morgan fingerprint density at radius 1 is 1.45 bits per heavy atom. The van der Waals surface area contributed by atoms with Gasteiger partial charge in [0.05, 0.1) is 12.5 Å². The molecule has 0 unspecified atom stereocenters. The van der Waals surface area contributed by atoms with Gasteiger partial charge in [-0.1, -0.05) is 20.8 Å². The molecule has 1 aromatic heterocycles. The molecule has 0 radical (unpaired) electrons. The number of nitrogens with zero attached hydrogens (tertiary/aromatic N) is 2. The minimum absolute atomic E-state index is 0.0156. The molecule has 0 aliphatic heterocycles. The molecule has 0 saturated heterocycles. The number of esters is 1. The highest BCUT2D eigenvalue weighted by atomic mass is 28.4. The van der Waals surface area contributed by atoms with Crippen LogP contribution in [-0.4, -0.2) is 24.8 Å². The minimum Gasteiger partial charge on any atom is -0.538 e. The quantitative estimate of drug-likeness (QED) is 0.200. The number of hydrogen-bond acceptors (Lipinski definition) is 4. The van der Waals surface area contributed by atoms with Gasteiger partial charge in [-0.05, 0) is 30.8 Å². The Labute approximate surface area is 131 Å². The molecule has 6 nitrogen and oxygen atoms in total. The molecule has 0 aliphatic rings. The first kappa shape index (κ1) is 17.9. The van der Waals surface area contributed by atoms with E-state index in [9.17, 15) is 4.79 Å². The molecule has 0 aliphatic carbocycles. The van der Waals surface area contributed by atoms with Crippen LogP contribution in [0.4, 0.5) is 0 Å². The summed E-state index contributed by atoms with van der Waals surface area (Å²) in [6, 6.07) is 1.67. The molecule has 1 aromatic rings. The van der Waals surface area contributed by atoms with E-state index in [0.29, 0.717) is 5.56 Å². The van der Waals surface area contributed by atoms with Crippen molar-refractivity contribution >= 4 is 20.0 Å². The van der Waals surface area contributed by atoms with Crippen molar-refractivity contribution in [2.75, 3.05) is 0 Å². The maximum Gasteiger partial charge on any atom is 0.438 e. The average Bonchev–Trinajstić information content (AvgIpc) is 2.88. The van der Waals surface area contributed by atoms with Crippen molar-refractivity contribution in [1.82, 2.24) is 0 Å². The van der Waals surface area contributed by atoms with Crippen LogP contribution in [0.3, 0.4) is 0 Å². The van der Waals surface area contributed by atoms with E-state index in [2.05, 4.69) is 32.1 Å². The van der Waals surface area contributed by atoms with Gasteiger partial charge in [-0.15, -0.1) is 0 Å². The third-order valence-electron chi connectivity index (χ3n) is 3.69. The summed E-state index contributed by atoms with van der Waals surface area (Å²) in [7, 11) is -2.18. The number of carbonyl (C=O) groups is 1.